The van der Waals surface area contributed by atoms with Crippen molar-refractivity contribution in [3.8, 4) is 0 Å². The van der Waals surface area contributed by atoms with Gasteiger partial charge in [0, 0.05) is 87.9 Å². The molecule has 4 saturated carbocycles. The van der Waals surface area contributed by atoms with E-state index in [-0.39, 0.29) is 126 Å². The van der Waals surface area contributed by atoms with E-state index >= 15 is 28.8 Å². The van der Waals surface area contributed by atoms with E-state index in [0.29, 0.717) is 38.5 Å². The second-order valence-electron chi connectivity index (χ2n) is 32.3. The molecule has 3 heterocycles. The molecule has 0 aromatic rings. The highest BCUT2D eigenvalue weighted by Gasteiger charge is 2.59. The Bertz CT molecular complexity index is 3140. The Kier molecular flexibility index (Phi) is 30.5. The van der Waals surface area contributed by atoms with Gasteiger partial charge in [-0.25, -0.2) is 0 Å². The number of hydrogen-bond donors (Lipinski definition) is 3. The van der Waals surface area contributed by atoms with Crippen LogP contribution in [-0.4, -0.2) is 281 Å². The number of hydrogen-bond acceptors (Lipinski definition) is 13. The van der Waals surface area contributed by atoms with Crippen molar-refractivity contribution in [1.29, 1.82) is 0 Å². The second kappa shape index (κ2) is 37.2. The molecule has 25 nitrogen and oxygen atoms in total. The molecule has 12 amide bonds. The zero-order valence-corrected chi connectivity index (χ0v) is 65.9. The molecule has 7 rings (SSSR count). The maximum Gasteiger partial charge on any atom is 0.391 e. The number of fused-ring (bicyclic) bond motifs is 3. The molecule has 4 aliphatic carbocycles. The average Bonchev–Trinajstić information content (AvgIpc) is 1.34. The Labute approximate surface area is 629 Å². The first-order valence-corrected chi connectivity index (χ1v) is 39.1. The zero-order valence-electron chi connectivity index (χ0n) is 64.4. The highest BCUT2D eigenvalue weighted by atomic mass is 35.5. The molecule has 13 atom stereocenters. The van der Waals surface area contributed by atoms with Gasteiger partial charge in [-0.1, -0.05) is 78.9 Å². The molecule has 105 heavy (non-hydrogen) atoms. The standard InChI is InChI=1S/C75H119Cl2F3N12O13/c1-15-22-54-64(96)82-63(45(4)16-2)71(103)86(10)42-62(95)88(12)55-25-19-18-20-34-91(70(55)102)59(37-48-26-30-49(31-27-48)75(78,79)80)68(100)85(9)41-60(93)81-53(33-29-47-28-32-51(76)52(77)35-47)66(98)92-40-50(105-17-3)38-56(92)65(97)83-74(43-73(5,6)44-74)72(104)90(14)57(36-46-23-21-24-46)69(101)89(13)58(67(99)84(7)8)39-61(94)87(54)11/h18-19,45-59,63H,15-17,20-44H2,1-14H3,(H,81,93)(H,82,96)(H,83,97)/b19-18-/t45-,47?,48?,49?,50+,51?,52?,53-,54-,55-,56-,57-,58-,59-,63-/m0/s1. The smallest absolute Gasteiger partial charge is 0.377 e. The van der Waals surface area contributed by atoms with Crippen molar-refractivity contribution in [3.05, 3.63) is 12.2 Å². The van der Waals surface area contributed by atoms with Gasteiger partial charge in [0.25, 0.3) is 0 Å². The normalized spacial score (nSPS) is 32.0. The number of nitrogens with one attached hydrogen (secondary N) is 3. The Balaban J connectivity index is 1.32. The summed E-state index contributed by atoms with van der Waals surface area (Å²) in [5, 5.41) is 8.23. The van der Waals surface area contributed by atoms with E-state index in [4.69, 9.17) is 27.9 Å². The minimum atomic E-state index is -4.44. The monoisotopic (exact) mass is 1520 g/mol. The van der Waals surface area contributed by atoms with Crippen molar-refractivity contribution in [1.82, 2.24) is 60.0 Å². The third-order valence-electron chi connectivity index (χ3n) is 23.7. The third-order valence-corrected chi connectivity index (χ3v) is 24.8. The predicted octanol–water partition coefficient (Wildman–Crippen LogP) is 6.49. The maximum atomic E-state index is 15.7. The van der Waals surface area contributed by atoms with Gasteiger partial charge < -0.3 is 64.8 Å². The van der Waals surface area contributed by atoms with Crippen LogP contribution in [0.1, 0.15) is 189 Å². The Hall–Kier alpha value is -6.29. The molecule has 1 spiro atoms. The average molecular weight is 1520 g/mol. The maximum absolute atomic E-state index is 15.7. The van der Waals surface area contributed by atoms with Gasteiger partial charge in [-0.2, -0.15) is 13.2 Å². The fourth-order valence-electron chi connectivity index (χ4n) is 16.9. The number of amides is 12. The molecule has 3 aliphatic heterocycles. The number of alkyl halides is 5. The second-order valence-corrected chi connectivity index (χ2v) is 33.4. The summed E-state index contributed by atoms with van der Waals surface area (Å²) in [6.07, 6.45) is 3.61. The lowest BCUT2D eigenvalue weighted by atomic mass is 9.58. The number of ether oxygens (including phenoxy) is 1. The molecule has 2 bridgehead atoms. The quantitative estimate of drug-likeness (QED) is 0.124. The molecule has 30 heteroatoms. The lowest BCUT2D eigenvalue weighted by Gasteiger charge is -2.54. The number of rotatable bonds is 14. The molecule has 2 saturated heterocycles. The predicted molar refractivity (Wildman–Crippen MR) is 390 cm³/mol. The minimum absolute atomic E-state index is 0.00239. The highest BCUT2D eigenvalue weighted by molar-refractivity contribution is 6.30. The van der Waals surface area contributed by atoms with Gasteiger partial charge in [0.2, 0.25) is 70.9 Å². The van der Waals surface area contributed by atoms with Crippen molar-refractivity contribution in [3.63, 3.8) is 0 Å². The summed E-state index contributed by atoms with van der Waals surface area (Å²) in [6, 6.07) is -10.3. The fraction of sp³-hybridized carbons (Fsp3) is 0.813. The van der Waals surface area contributed by atoms with Crippen LogP contribution in [0.3, 0.4) is 0 Å². The van der Waals surface area contributed by atoms with E-state index in [9.17, 15) is 41.9 Å². The lowest BCUT2D eigenvalue weighted by Crippen LogP contribution is -2.71. The SMILES string of the molecule is CCC[C@H]1C(=O)N[C@@H]([C@@H](C)CC)C(=O)N(C)CC(=O)N(C)[C@H]2C/C=C\CCN(C2=O)[C@@H](CC2CCC(C(F)(F)F)CC2)C(=O)N(C)CC(=O)N[C@@H](CCC2CCC(Cl)C(Cl)C2)C(=O)N2C[C@H](OCC)C[C@H]2C(=O)NC2(CC(C)(C)C2)C(=O)N(C)[C@@H](CC2CCC2)C(=O)N(C)[C@H](C(=O)N(C)C)CC(=O)N1C. The first-order valence-electron chi connectivity index (χ1n) is 38.2. The van der Waals surface area contributed by atoms with Crippen LogP contribution in [0.4, 0.5) is 13.2 Å². The summed E-state index contributed by atoms with van der Waals surface area (Å²) in [5.41, 5.74) is -2.12. The molecule has 3 N–H and O–H groups in total. The molecule has 0 radical (unpaired) electrons. The highest BCUT2D eigenvalue weighted by Crippen LogP contribution is 2.50. The number of likely N-dealkylation sites (N-methyl/N-ethyl adjacent to an activating group) is 7. The topological polar surface area (TPSA) is 279 Å². The zero-order chi connectivity index (χ0) is 77.9. The van der Waals surface area contributed by atoms with Crippen LogP contribution >= 0.6 is 23.2 Å². The van der Waals surface area contributed by atoms with E-state index in [1.165, 1.54) is 90.7 Å². The number of carbonyl (C=O) groups is 12. The number of halogens is 5. The Morgan fingerprint density at radius 1 is 0.648 bits per heavy atom. The van der Waals surface area contributed by atoms with E-state index in [2.05, 4.69) is 16.0 Å². The van der Waals surface area contributed by atoms with Gasteiger partial charge in [0.1, 0.15) is 53.9 Å². The van der Waals surface area contributed by atoms with Gasteiger partial charge in [-0.05, 0) is 139 Å². The largest absolute Gasteiger partial charge is 0.391 e. The van der Waals surface area contributed by atoms with Crippen LogP contribution in [0, 0.1) is 35.0 Å². The molecule has 3 unspecified atom stereocenters. The van der Waals surface area contributed by atoms with Crippen LogP contribution in [0.5, 0.6) is 0 Å². The molecular formula is C75H119Cl2F3N12O13. The van der Waals surface area contributed by atoms with Crippen LogP contribution in [0.15, 0.2) is 12.2 Å². The molecule has 7 aliphatic rings. The van der Waals surface area contributed by atoms with Crippen LogP contribution < -0.4 is 16.0 Å². The van der Waals surface area contributed by atoms with Gasteiger partial charge in [0.05, 0.1) is 36.9 Å². The van der Waals surface area contributed by atoms with Crippen molar-refractivity contribution < 1.29 is 75.4 Å². The number of carbonyl (C=O) groups excluding carboxylic acids is 12. The van der Waals surface area contributed by atoms with Crippen molar-refractivity contribution in [2.24, 2.45) is 35.0 Å². The van der Waals surface area contributed by atoms with E-state index in [1.807, 2.05) is 20.8 Å². The summed E-state index contributed by atoms with van der Waals surface area (Å²) in [4.78, 5) is 193. The Morgan fingerprint density at radius 3 is 1.86 bits per heavy atom. The first kappa shape index (κ1) is 86.0. The summed E-state index contributed by atoms with van der Waals surface area (Å²) in [5.74, 6) is -10.7. The van der Waals surface area contributed by atoms with Crippen molar-refractivity contribution >= 4 is 94.1 Å². The van der Waals surface area contributed by atoms with Crippen molar-refractivity contribution in [2.75, 3.05) is 89.2 Å². The van der Waals surface area contributed by atoms with E-state index in [1.54, 1.807) is 32.9 Å². The summed E-state index contributed by atoms with van der Waals surface area (Å²) >= 11 is 13.3. The summed E-state index contributed by atoms with van der Waals surface area (Å²) in [7, 11) is 11.4. The van der Waals surface area contributed by atoms with Gasteiger partial charge in [-0.15, -0.1) is 23.2 Å². The lowest BCUT2D eigenvalue weighted by molar-refractivity contribution is -0.184. The molecular weight excluding hydrogens is 1400 g/mol. The molecule has 0 aromatic carbocycles. The third kappa shape index (κ3) is 21.4. The van der Waals surface area contributed by atoms with Crippen LogP contribution in [-0.2, 0) is 62.3 Å². The minimum Gasteiger partial charge on any atom is -0.377 e. The van der Waals surface area contributed by atoms with Crippen molar-refractivity contribution in [2.45, 2.75) is 266 Å². The van der Waals surface area contributed by atoms with E-state index in [0.717, 1.165) is 29.1 Å². The fourth-order valence-corrected chi connectivity index (χ4v) is 17.5. The van der Waals surface area contributed by atoms with E-state index < -0.39 is 180 Å². The van der Waals surface area contributed by atoms with Crippen LogP contribution in [0.25, 0.3) is 0 Å². The molecule has 6 fully saturated rings. The molecule has 0 aromatic heterocycles. The van der Waals surface area contributed by atoms with Crippen LogP contribution in [0.2, 0.25) is 0 Å². The van der Waals surface area contributed by atoms with Gasteiger partial charge in [0.15, 0.2) is 0 Å². The first-order chi connectivity index (χ1) is 49.3. The summed E-state index contributed by atoms with van der Waals surface area (Å²) in [6.45, 7) is 9.81. The van der Waals surface area contributed by atoms with Gasteiger partial charge >= 0.3 is 6.18 Å². The number of nitrogens with zero attached hydrogens (tertiary/aromatic N) is 9. The molecule has 592 valence electrons. The van der Waals surface area contributed by atoms with Gasteiger partial charge in [-0.3, -0.25) is 57.5 Å². The summed E-state index contributed by atoms with van der Waals surface area (Å²) < 4.78 is 48.6. The Morgan fingerprint density at radius 2 is 1.28 bits per heavy atom.